The highest BCUT2D eigenvalue weighted by molar-refractivity contribution is 6.33. The van der Waals surface area contributed by atoms with Gasteiger partial charge in [-0.3, -0.25) is 4.40 Å². The molecule has 0 aliphatic rings. The van der Waals surface area contributed by atoms with Crippen LogP contribution in [0.3, 0.4) is 0 Å². The monoisotopic (exact) mass is 349 g/mol. The second-order valence-electron chi connectivity index (χ2n) is 5.02. The van der Waals surface area contributed by atoms with Crippen LogP contribution in [0.4, 0.5) is 18.0 Å². The molecule has 2 heterocycles. The first kappa shape index (κ1) is 17.3. The molecule has 0 unspecified atom stereocenters. The van der Waals surface area contributed by atoms with Crippen LogP contribution in [0, 0.1) is 0 Å². The van der Waals surface area contributed by atoms with Crippen molar-refractivity contribution >= 4 is 23.3 Å². The minimum absolute atomic E-state index is 0.0172. The number of alkyl halides is 3. The number of fused-ring (bicyclic) bond motifs is 1. The number of amides is 2. The van der Waals surface area contributed by atoms with E-state index in [-0.39, 0.29) is 29.1 Å². The summed E-state index contributed by atoms with van der Waals surface area (Å²) in [5.41, 5.74) is -0.820. The number of nitrogens with zero attached hydrogens (tertiary/aromatic N) is 3. The molecule has 0 fully saturated rings. The molecule has 0 aliphatic carbocycles. The smallest absolute Gasteiger partial charge is 0.336 e. The van der Waals surface area contributed by atoms with Gasteiger partial charge in [-0.05, 0) is 19.4 Å². The lowest BCUT2D eigenvalue weighted by Gasteiger charge is -2.12. The summed E-state index contributed by atoms with van der Waals surface area (Å²) in [6.07, 6.45) is -2.93. The molecule has 2 aromatic heterocycles. The molecule has 0 saturated heterocycles. The second-order valence-corrected chi connectivity index (χ2v) is 5.43. The Morgan fingerprint density at radius 3 is 2.74 bits per heavy atom. The summed E-state index contributed by atoms with van der Waals surface area (Å²) in [6.45, 7) is 3.67. The van der Waals surface area contributed by atoms with Crippen molar-refractivity contribution < 1.29 is 18.0 Å². The zero-order valence-corrected chi connectivity index (χ0v) is 13.2. The Kier molecular flexibility index (Phi) is 4.98. The Morgan fingerprint density at radius 1 is 1.43 bits per heavy atom. The van der Waals surface area contributed by atoms with Gasteiger partial charge in [0.05, 0.1) is 17.1 Å². The van der Waals surface area contributed by atoms with Crippen molar-refractivity contribution in [2.45, 2.75) is 39.0 Å². The Bertz CT molecular complexity index is 715. The van der Waals surface area contributed by atoms with Crippen LogP contribution in [-0.4, -0.2) is 26.7 Å². The van der Waals surface area contributed by atoms with E-state index in [1.165, 1.54) is 0 Å². The zero-order valence-electron chi connectivity index (χ0n) is 12.4. The SMILES string of the molecule is CC[C@H](C)NC(=O)NCc1nnc2c(Cl)cc(C(F)(F)F)cn12. The van der Waals surface area contributed by atoms with Gasteiger partial charge in [0.25, 0.3) is 0 Å². The molecule has 2 amide bonds. The van der Waals surface area contributed by atoms with Crippen molar-refractivity contribution in [2.24, 2.45) is 0 Å². The van der Waals surface area contributed by atoms with Gasteiger partial charge < -0.3 is 10.6 Å². The lowest BCUT2D eigenvalue weighted by atomic mass is 10.2. The molecule has 0 spiro atoms. The first-order valence-corrected chi connectivity index (χ1v) is 7.25. The molecule has 10 heteroatoms. The zero-order chi connectivity index (χ0) is 17.2. The van der Waals surface area contributed by atoms with Crippen molar-refractivity contribution in [3.05, 3.63) is 28.7 Å². The molecule has 23 heavy (non-hydrogen) atoms. The third-order valence-electron chi connectivity index (χ3n) is 3.25. The largest absolute Gasteiger partial charge is 0.417 e. The summed E-state index contributed by atoms with van der Waals surface area (Å²) >= 11 is 5.81. The minimum atomic E-state index is -4.54. The van der Waals surface area contributed by atoms with E-state index in [1.54, 1.807) is 0 Å². The fraction of sp³-hybridized carbons (Fsp3) is 0.462. The molecule has 0 saturated carbocycles. The molecule has 2 aromatic rings. The van der Waals surface area contributed by atoms with Gasteiger partial charge in [-0.1, -0.05) is 18.5 Å². The van der Waals surface area contributed by atoms with Crippen LogP contribution >= 0.6 is 11.6 Å². The van der Waals surface area contributed by atoms with Crippen LogP contribution in [0.5, 0.6) is 0 Å². The summed E-state index contributed by atoms with van der Waals surface area (Å²) in [7, 11) is 0. The highest BCUT2D eigenvalue weighted by Gasteiger charge is 2.32. The standard InChI is InChI=1S/C13H15ClF3N5O/c1-3-7(2)19-12(23)18-5-10-20-21-11-9(14)4-8(6-22(10)11)13(15,16)17/h4,6-7H,3,5H2,1-2H3,(H2,18,19,23)/t7-/m0/s1. The van der Waals surface area contributed by atoms with E-state index in [2.05, 4.69) is 20.8 Å². The summed E-state index contributed by atoms with van der Waals surface area (Å²) in [6, 6.07) is 0.337. The number of hydrogen-bond donors (Lipinski definition) is 2. The summed E-state index contributed by atoms with van der Waals surface area (Å²) in [4.78, 5) is 11.7. The van der Waals surface area contributed by atoms with Gasteiger partial charge in [0, 0.05) is 12.2 Å². The van der Waals surface area contributed by atoms with E-state index in [0.717, 1.165) is 23.1 Å². The van der Waals surface area contributed by atoms with E-state index in [9.17, 15) is 18.0 Å². The number of carbonyl (C=O) groups is 1. The summed E-state index contributed by atoms with van der Waals surface area (Å²) < 4.78 is 39.6. The third kappa shape index (κ3) is 4.04. The second kappa shape index (κ2) is 6.61. The minimum Gasteiger partial charge on any atom is -0.336 e. The number of rotatable bonds is 4. The molecule has 2 N–H and O–H groups in total. The van der Waals surface area contributed by atoms with Crippen molar-refractivity contribution in [3.63, 3.8) is 0 Å². The molecule has 126 valence electrons. The van der Waals surface area contributed by atoms with Gasteiger partial charge >= 0.3 is 12.2 Å². The van der Waals surface area contributed by atoms with E-state index in [4.69, 9.17) is 11.6 Å². The van der Waals surface area contributed by atoms with Crippen LogP contribution in [0.2, 0.25) is 5.02 Å². The fourth-order valence-electron chi connectivity index (χ4n) is 1.81. The number of pyridine rings is 1. The number of nitrogens with one attached hydrogen (secondary N) is 2. The maximum atomic E-state index is 12.8. The summed E-state index contributed by atoms with van der Waals surface area (Å²) in [5.74, 6) is 0.146. The van der Waals surface area contributed by atoms with Gasteiger partial charge in [0.2, 0.25) is 0 Å². The third-order valence-corrected chi connectivity index (χ3v) is 3.53. The van der Waals surface area contributed by atoms with E-state index >= 15 is 0 Å². The quantitative estimate of drug-likeness (QED) is 0.891. The van der Waals surface area contributed by atoms with Gasteiger partial charge in [-0.15, -0.1) is 10.2 Å². The van der Waals surface area contributed by atoms with Crippen LogP contribution in [0.15, 0.2) is 12.3 Å². The molecule has 0 aromatic carbocycles. The average Bonchev–Trinajstić information content (AvgIpc) is 2.87. The van der Waals surface area contributed by atoms with Gasteiger partial charge in [-0.2, -0.15) is 13.2 Å². The van der Waals surface area contributed by atoms with Gasteiger partial charge in [0.1, 0.15) is 0 Å². The van der Waals surface area contributed by atoms with E-state index in [1.807, 2.05) is 13.8 Å². The molecular weight excluding hydrogens is 335 g/mol. The maximum Gasteiger partial charge on any atom is 0.417 e. The van der Waals surface area contributed by atoms with Gasteiger partial charge in [0.15, 0.2) is 11.5 Å². The predicted molar refractivity (Wildman–Crippen MR) is 78.1 cm³/mol. The average molecular weight is 350 g/mol. The van der Waals surface area contributed by atoms with Crippen molar-refractivity contribution in [2.75, 3.05) is 0 Å². The Balaban J connectivity index is 2.22. The highest BCUT2D eigenvalue weighted by Crippen LogP contribution is 2.32. The van der Waals surface area contributed by atoms with Crippen molar-refractivity contribution in [3.8, 4) is 0 Å². The molecule has 6 nitrogen and oxygen atoms in total. The first-order valence-electron chi connectivity index (χ1n) is 6.87. The Morgan fingerprint density at radius 2 is 2.13 bits per heavy atom. The van der Waals surface area contributed by atoms with Crippen molar-refractivity contribution in [1.29, 1.82) is 0 Å². The lowest BCUT2D eigenvalue weighted by molar-refractivity contribution is -0.137. The molecule has 0 bridgehead atoms. The number of carbonyl (C=O) groups excluding carboxylic acids is 1. The van der Waals surface area contributed by atoms with Crippen LogP contribution < -0.4 is 10.6 Å². The number of aromatic nitrogens is 3. The van der Waals surface area contributed by atoms with E-state index < -0.39 is 17.8 Å². The molecular formula is C13H15ClF3N5O. The van der Waals surface area contributed by atoms with Crippen LogP contribution in [0.25, 0.3) is 5.65 Å². The Hall–Kier alpha value is -2.03. The lowest BCUT2D eigenvalue weighted by Crippen LogP contribution is -2.40. The molecule has 0 radical (unpaired) electrons. The number of halogens is 4. The maximum absolute atomic E-state index is 12.8. The predicted octanol–water partition coefficient (Wildman–Crippen LogP) is 3.00. The normalized spacial score (nSPS) is 13.1. The number of hydrogen-bond acceptors (Lipinski definition) is 3. The first-order chi connectivity index (χ1) is 10.7. The molecule has 1 atom stereocenters. The van der Waals surface area contributed by atoms with Crippen LogP contribution in [0.1, 0.15) is 31.7 Å². The number of urea groups is 1. The van der Waals surface area contributed by atoms with E-state index in [0.29, 0.717) is 0 Å². The van der Waals surface area contributed by atoms with Crippen LogP contribution in [-0.2, 0) is 12.7 Å². The summed E-state index contributed by atoms with van der Waals surface area (Å²) in [5, 5.41) is 12.5. The fourth-order valence-corrected chi connectivity index (χ4v) is 2.06. The topological polar surface area (TPSA) is 71.3 Å². The molecule has 2 rings (SSSR count). The highest BCUT2D eigenvalue weighted by atomic mass is 35.5. The molecule has 0 aliphatic heterocycles. The van der Waals surface area contributed by atoms with Crippen molar-refractivity contribution in [1.82, 2.24) is 25.2 Å². The Labute approximate surface area is 135 Å². The van der Waals surface area contributed by atoms with Gasteiger partial charge in [-0.25, -0.2) is 4.79 Å².